The van der Waals surface area contributed by atoms with Crippen molar-refractivity contribution in [3.63, 3.8) is 0 Å². The maximum Gasteiger partial charge on any atom is 0.212 e. The van der Waals surface area contributed by atoms with Crippen LogP contribution in [0.25, 0.3) is 0 Å². The van der Waals surface area contributed by atoms with Crippen molar-refractivity contribution < 1.29 is 8.94 Å². The third kappa shape index (κ3) is 1.13. The van der Waals surface area contributed by atoms with Gasteiger partial charge in [0.1, 0.15) is 5.76 Å². The fourth-order valence-electron chi connectivity index (χ4n) is 1.17. The van der Waals surface area contributed by atoms with Gasteiger partial charge in [-0.25, -0.2) is 4.99 Å². The maximum atomic E-state index is 5.39. The summed E-state index contributed by atoms with van der Waals surface area (Å²) in [5.74, 6) is 1.58. The zero-order valence-electron chi connectivity index (χ0n) is 6.57. The molecule has 1 aromatic rings. The average molecular weight is 184 g/mol. The topological polar surface area (TPSA) is 46.8 Å². The van der Waals surface area contributed by atoms with Gasteiger partial charge in [0.2, 0.25) is 6.23 Å². The Morgan fingerprint density at radius 2 is 2.58 bits per heavy atom. The number of aliphatic imine (C=N–C) groups is 1. The van der Waals surface area contributed by atoms with Crippen LogP contribution in [0.5, 0.6) is 0 Å². The first-order valence-electron chi connectivity index (χ1n) is 3.55. The van der Waals surface area contributed by atoms with Crippen molar-refractivity contribution >= 4 is 21.5 Å². The van der Waals surface area contributed by atoms with Gasteiger partial charge in [-0.2, -0.15) is 0 Å². The fraction of sp³-hybridized carbons (Fsp3) is 0.286. The number of furan rings is 1. The van der Waals surface area contributed by atoms with Crippen LogP contribution in [0.4, 0.5) is 5.69 Å². The Morgan fingerprint density at radius 3 is 3.33 bits per heavy atom. The summed E-state index contributed by atoms with van der Waals surface area (Å²) in [6.07, 6.45) is 1.27. The summed E-state index contributed by atoms with van der Waals surface area (Å²) in [6.45, 7) is 1.89. The summed E-state index contributed by atoms with van der Waals surface area (Å²) in [5.41, 5.74) is 0.926. The molecule has 0 aromatic carbocycles. The largest absolute Gasteiger partial charge is 0.459 e. The molecule has 0 spiro atoms. The lowest BCUT2D eigenvalue weighted by Crippen LogP contribution is -2.07. The normalized spacial score (nSPS) is 20.3. The van der Waals surface area contributed by atoms with Crippen LogP contribution in [0.2, 0.25) is 0 Å². The molecule has 0 radical (unpaired) electrons. The first kappa shape index (κ1) is 7.77. The quantitative estimate of drug-likeness (QED) is 0.677. The van der Waals surface area contributed by atoms with Crippen molar-refractivity contribution in [1.29, 1.82) is 0 Å². The highest BCUT2D eigenvalue weighted by molar-refractivity contribution is 7.09. The number of hydrogen-bond donors (Lipinski definition) is 1. The van der Waals surface area contributed by atoms with Gasteiger partial charge in [0.15, 0.2) is 5.76 Å². The van der Waals surface area contributed by atoms with Gasteiger partial charge in [0.25, 0.3) is 0 Å². The predicted octanol–water partition coefficient (Wildman–Crippen LogP) is 1.85. The van der Waals surface area contributed by atoms with Crippen molar-refractivity contribution in [2.45, 2.75) is 13.2 Å². The lowest BCUT2D eigenvalue weighted by Gasteiger charge is -2.13. The van der Waals surface area contributed by atoms with Gasteiger partial charge in [-0.3, -0.25) is 0 Å². The zero-order valence-corrected chi connectivity index (χ0v) is 7.73. The molecule has 1 N–H and O–H groups in total. The molecule has 64 valence electrons. The minimum absolute atomic E-state index is 0.333. The Bertz CT molecular complexity index is 321. The van der Waals surface area contributed by atoms with Gasteiger partial charge in [-0.05, 0) is 6.92 Å². The van der Waals surface area contributed by atoms with E-state index in [-0.39, 0.29) is 6.23 Å². The van der Waals surface area contributed by atoms with Crippen LogP contribution in [-0.2, 0) is 4.52 Å². The molecule has 0 saturated heterocycles. The van der Waals surface area contributed by atoms with E-state index in [9.17, 15) is 0 Å². The van der Waals surface area contributed by atoms with Crippen molar-refractivity contribution in [2.75, 3.05) is 5.32 Å². The van der Waals surface area contributed by atoms with Crippen molar-refractivity contribution in [2.24, 2.45) is 4.99 Å². The van der Waals surface area contributed by atoms with Gasteiger partial charge in [-0.15, -0.1) is 0 Å². The standard InChI is InChI=1S/C7H9N2O2P/c1-4-2-5-6(10-4)7(11-12)9-3-8-5/h2-3,7H,12H2,1H3,(H,8,9). The molecule has 4 nitrogen and oxygen atoms in total. The Balaban J connectivity index is 2.42. The SMILES string of the molecule is Cc1cc2c(o1)C(OP)N=CN2. The van der Waals surface area contributed by atoms with E-state index < -0.39 is 0 Å². The maximum absolute atomic E-state index is 5.39. The molecule has 0 saturated carbocycles. The van der Waals surface area contributed by atoms with E-state index in [0.717, 1.165) is 17.2 Å². The third-order valence-electron chi connectivity index (χ3n) is 1.67. The van der Waals surface area contributed by atoms with Crippen molar-refractivity contribution in [3.8, 4) is 0 Å². The minimum Gasteiger partial charge on any atom is -0.459 e. The first-order chi connectivity index (χ1) is 5.81. The molecule has 2 unspecified atom stereocenters. The molecule has 1 aliphatic rings. The zero-order chi connectivity index (χ0) is 8.55. The van der Waals surface area contributed by atoms with Crippen molar-refractivity contribution in [1.82, 2.24) is 0 Å². The van der Waals surface area contributed by atoms with Crippen LogP contribution < -0.4 is 5.32 Å². The van der Waals surface area contributed by atoms with Gasteiger partial charge in [-0.1, -0.05) is 0 Å². The highest BCUT2D eigenvalue weighted by atomic mass is 31.0. The Morgan fingerprint density at radius 1 is 1.75 bits per heavy atom. The summed E-state index contributed by atoms with van der Waals surface area (Å²) in [7, 11) is 2.18. The number of rotatable bonds is 1. The average Bonchev–Trinajstić information content (AvgIpc) is 2.44. The Labute approximate surface area is 72.3 Å². The van der Waals surface area contributed by atoms with Gasteiger partial charge < -0.3 is 14.3 Å². The summed E-state index contributed by atoms with van der Waals surface area (Å²) in [5, 5.41) is 2.97. The molecule has 5 heteroatoms. The van der Waals surface area contributed by atoms with Crippen LogP contribution >= 0.6 is 9.47 Å². The summed E-state index contributed by atoms with van der Waals surface area (Å²) in [6, 6.07) is 1.91. The minimum atomic E-state index is -0.333. The number of aryl methyl sites for hydroxylation is 1. The molecule has 0 fully saturated rings. The van der Waals surface area contributed by atoms with E-state index in [2.05, 4.69) is 19.8 Å². The molecule has 0 bridgehead atoms. The second-order valence-electron chi connectivity index (χ2n) is 2.55. The van der Waals surface area contributed by atoms with E-state index in [1.165, 1.54) is 0 Å². The van der Waals surface area contributed by atoms with E-state index in [0.29, 0.717) is 0 Å². The second-order valence-corrected chi connectivity index (χ2v) is 2.82. The molecule has 2 atom stereocenters. The highest BCUT2D eigenvalue weighted by Gasteiger charge is 2.21. The first-order valence-corrected chi connectivity index (χ1v) is 4.02. The van der Waals surface area contributed by atoms with Gasteiger partial charge in [0, 0.05) is 15.5 Å². The van der Waals surface area contributed by atoms with Gasteiger partial charge in [0.05, 0.1) is 12.0 Å². The predicted molar refractivity (Wildman–Crippen MR) is 49.1 cm³/mol. The molecule has 2 rings (SSSR count). The molecular weight excluding hydrogens is 175 g/mol. The number of hydrogen-bond acceptors (Lipinski definition) is 4. The molecule has 1 aliphatic heterocycles. The lowest BCUT2D eigenvalue weighted by atomic mass is 10.3. The summed E-state index contributed by atoms with van der Waals surface area (Å²) >= 11 is 0. The summed E-state index contributed by atoms with van der Waals surface area (Å²) in [4.78, 5) is 4.03. The smallest absolute Gasteiger partial charge is 0.212 e. The Kier molecular flexibility index (Phi) is 1.87. The van der Waals surface area contributed by atoms with Crippen LogP contribution in [0, 0.1) is 6.92 Å². The van der Waals surface area contributed by atoms with Crippen LogP contribution in [0.1, 0.15) is 17.7 Å². The van der Waals surface area contributed by atoms with Crippen LogP contribution in [-0.4, -0.2) is 6.34 Å². The Hall–Kier alpha value is -0.860. The number of nitrogens with zero attached hydrogens (tertiary/aromatic N) is 1. The van der Waals surface area contributed by atoms with E-state index in [1.54, 1.807) is 6.34 Å². The fourth-order valence-corrected chi connectivity index (χ4v) is 1.36. The van der Waals surface area contributed by atoms with Crippen molar-refractivity contribution in [3.05, 3.63) is 17.6 Å². The number of fused-ring (bicyclic) bond motifs is 1. The summed E-state index contributed by atoms with van der Waals surface area (Å²) < 4.78 is 10.4. The van der Waals surface area contributed by atoms with E-state index >= 15 is 0 Å². The molecule has 0 aliphatic carbocycles. The van der Waals surface area contributed by atoms with Crippen LogP contribution in [0.15, 0.2) is 15.5 Å². The third-order valence-corrected chi connectivity index (χ3v) is 1.92. The molecule has 12 heavy (non-hydrogen) atoms. The molecule has 1 aromatic heterocycles. The molecule has 0 amide bonds. The highest BCUT2D eigenvalue weighted by Crippen LogP contribution is 2.33. The van der Waals surface area contributed by atoms with Gasteiger partial charge >= 0.3 is 0 Å². The number of nitrogens with one attached hydrogen (secondary N) is 1. The second kappa shape index (κ2) is 2.88. The molecular formula is C7H9N2O2P. The van der Waals surface area contributed by atoms with E-state index in [4.69, 9.17) is 8.94 Å². The lowest BCUT2D eigenvalue weighted by molar-refractivity contribution is 0.218. The van der Waals surface area contributed by atoms with Crippen LogP contribution in [0.3, 0.4) is 0 Å². The molecule has 2 heterocycles. The number of anilines is 1. The van der Waals surface area contributed by atoms with E-state index in [1.807, 2.05) is 13.0 Å². The monoisotopic (exact) mass is 184 g/mol.